The first kappa shape index (κ1) is 27.5. The number of pyridine rings is 1. The van der Waals surface area contributed by atoms with Crippen LogP contribution in [0, 0.1) is 0 Å². The maximum Gasteiger partial charge on any atom is 0.320 e. The molecule has 0 radical (unpaired) electrons. The van der Waals surface area contributed by atoms with Crippen LogP contribution in [0.15, 0.2) is 24.7 Å². The van der Waals surface area contributed by atoms with Gasteiger partial charge < -0.3 is 19.7 Å². The number of methoxy groups -OCH3 is 1. The number of rotatable bonds is 5. The second-order valence-corrected chi connectivity index (χ2v) is 9.68. The van der Waals surface area contributed by atoms with Gasteiger partial charge in [-0.05, 0) is 52.5 Å². The molecule has 0 saturated heterocycles. The minimum absolute atomic E-state index is 0.197. The third-order valence-electron chi connectivity index (χ3n) is 6.81. The van der Waals surface area contributed by atoms with Gasteiger partial charge in [-0.25, -0.2) is 18.6 Å². The third-order valence-corrected chi connectivity index (χ3v) is 6.81. The number of aromatic nitrogens is 5. The topological polar surface area (TPSA) is 107 Å². The van der Waals surface area contributed by atoms with Crippen LogP contribution in [0.2, 0.25) is 0 Å². The maximum atomic E-state index is 13.6. The van der Waals surface area contributed by atoms with Gasteiger partial charge in [-0.3, -0.25) is 4.98 Å². The monoisotopic (exact) mass is 531 g/mol. The lowest BCUT2D eigenvalue weighted by Crippen LogP contribution is -2.46. The summed E-state index contributed by atoms with van der Waals surface area (Å²) in [5.41, 5.74) is 2.44. The highest BCUT2D eigenvalue weighted by Crippen LogP contribution is 2.33. The van der Waals surface area contributed by atoms with E-state index < -0.39 is 12.0 Å². The Bertz CT molecular complexity index is 1250. The van der Waals surface area contributed by atoms with Crippen LogP contribution in [0.1, 0.15) is 71.0 Å². The van der Waals surface area contributed by atoms with Crippen molar-refractivity contribution in [2.24, 2.45) is 0 Å². The van der Waals surface area contributed by atoms with Crippen molar-refractivity contribution in [2.45, 2.75) is 77.3 Å². The third kappa shape index (κ3) is 6.46. The quantitative estimate of drug-likeness (QED) is 0.491. The summed E-state index contributed by atoms with van der Waals surface area (Å²) >= 11 is 0. The Morgan fingerprint density at radius 2 is 2.05 bits per heavy atom. The summed E-state index contributed by atoms with van der Waals surface area (Å²) in [5, 5.41) is 7.24. The predicted octanol–water partition coefficient (Wildman–Crippen LogP) is 5.04. The molecule has 0 spiro atoms. The molecule has 38 heavy (non-hydrogen) atoms. The Hall–Kier alpha value is -3.57. The molecule has 1 aliphatic heterocycles. The van der Waals surface area contributed by atoms with Crippen LogP contribution in [0.25, 0.3) is 16.9 Å². The normalized spacial score (nSPS) is 19.5. The molecule has 4 heterocycles. The van der Waals surface area contributed by atoms with Crippen molar-refractivity contribution in [3.8, 4) is 23.0 Å². The molecule has 12 heteroatoms. The van der Waals surface area contributed by atoms with E-state index in [1.165, 1.54) is 10.8 Å². The van der Waals surface area contributed by atoms with Gasteiger partial charge >= 0.3 is 12.0 Å². The SMILES string of the molecule is CCN1C(=O)N[C@@H](CCC(C)(F)F)CCCCCOc2nc(cc3ncnn23)-c2cc(ncc2OC)[C@H]1C. The second-order valence-electron chi connectivity index (χ2n) is 9.68. The van der Waals surface area contributed by atoms with E-state index in [4.69, 9.17) is 14.5 Å². The fourth-order valence-corrected chi connectivity index (χ4v) is 4.64. The molecule has 2 atom stereocenters. The Kier molecular flexibility index (Phi) is 8.58. The smallest absolute Gasteiger partial charge is 0.320 e. The van der Waals surface area contributed by atoms with Crippen molar-refractivity contribution in [3.05, 3.63) is 30.4 Å². The highest BCUT2D eigenvalue weighted by molar-refractivity contribution is 5.75. The number of nitrogens with zero attached hydrogens (tertiary/aromatic N) is 6. The number of ether oxygens (including phenoxy) is 2. The molecular weight excluding hydrogens is 496 g/mol. The zero-order valence-electron chi connectivity index (χ0n) is 22.3. The average molecular weight is 532 g/mol. The summed E-state index contributed by atoms with van der Waals surface area (Å²) in [6.07, 6.45) is 5.84. The zero-order valence-corrected chi connectivity index (χ0v) is 22.3. The van der Waals surface area contributed by atoms with Crippen molar-refractivity contribution >= 4 is 11.7 Å². The van der Waals surface area contributed by atoms with Gasteiger partial charge in [0, 0.05) is 30.6 Å². The molecule has 1 N–H and O–H groups in total. The van der Waals surface area contributed by atoms with Gasteiger partial charge in [0.05, 0.1) is 37.3 Å². The number of urea groups is 1. The molecule has 0 unspecified atom stereocenters. The summed E-state index contributed by atoms with van der Waals surface area (Å²) in [6, 6.07) is 2.87. The minimum Gasteiger partial charge on any atom is -0.494 e. The van der Waals surface area contributed by atoms with Crippen molar-refractivity contribution in [1.82, 2.24) is 34.8 Å². The highest BCUT2D eigenvalue weighted by Gasteiger charge is 2.27. The van der Waals surface area contributed by atoms with E-state index in [1.807, 2.05) is 19.9 Å². The van der Waals surface area contributed by atoms with Gasteiger partial charge in [0.15, 0.2) is 5.65 Å². The summed E-state index contributed by atoms with van der Waals surface area (Å²) < 4.78 is 40.4. The van der Waals surface area contributed by atoms with E-state index >= 15 is 0 Å². The molecule has 3 aromatic heterocycles. The Morgan fingerprint density at radius 3 is 2.79 bits per heavy atom. The summed E-state index contributed by atoms with van der Waals surface area (Å²) in [5.74, 6) is -2.28. The molecular formula is C26H35F2N7O3. The first-order chi connectivity index (χ1) is 18.2. The van der Waals surface area contributed by atoms with Gasteiger partial charge in [-0.2, -0.15) is 14.6 Å². The van der Waals surface area contributed by atoms with Crippen molar-refractivity contribution < 1.29 is 23.0 Å². The number of alkyl halides is 2. The number of fused-ring (bicyclic) bond motifs is 7. The molecule has 4 bridgehead atoms. The molecule has 2 amide bonds. The highest BCUT2D eigenvalue weighted by atomic mass is 19.3. The average Bonchev–Trinajstić information content (AvgIpc) is 3.37. The minimum atomic E-state index is -2.79. The van der Waals surface area contributed by atoms with Gasteiger partial charge in [0.1, 0.15) is 12.1 Å². The van der Waals surface area contributed by atoms with Gasteiger partial charge in [-0.15, -0.1) is 0 Å². The number of halogens is 2. The van der Waals surface area contributed by atoms with E-state index in [2.05, 4.69) is 20.4 Å². The van der Waals surface area contributed by atoms with Crippen molar-refractivity contribution in [3.63, 3.8) is 0 Å². The molecule has 4 rings (SSSR count). The lowest BCUT2D eigenvalue weighted by atomic mass is 10.0. The van der Waals surface area contributed by atoms with E-state index in [-0.39, 0.29) is 24.9 Å². The number of hydrogen-bond acceptors (Lipinski definition) is 7. The summed E-state index contributed by atoms with van der Waals surface area (Å²) in [6.45, 7) is 5.48. The molecule has 1 aliphatic rings. The van der Waals surface area contributed by atoms with Crippen LogP contribution in [-0.4, -0.2) is 67.7 Å². The standard InChI is InChI=1S/C26H35F2N7O3/c1-5-34-17(2)20-13-19(22(37-4)15-29-20)21-14-23-30-16-31-35(23)25(33-21)38-12-8-6-7-9-18(32-24(34)36)10-11-26(3,27)28/h13-18H,5-12H2,1-4H3,(H,32,36)/t17-,18-/m1/s1. The lowest BCUT2D eigenvalue weighted by Gasteiger charge is -2.31. The van der Waals surface area contributed by atoms with Crippen LogP contribution >= 0.6 is 0 Å². The second kappa shape index (κ2) is 11.9. The van der Waals surface area contributed by atoms with Crippen LogP contribution in [0.4, 0.5) is 13.6 Å². The Labute approximate surface area is 220 Å². The molecule has 0 aliphatic carbocycles. The predicted molar refractivity (Wildman–Crippen MR) is 137 cm³/mol. The number of amides is 2. The summed E-state index contributed by atoms with van der Waals surface area (Å²) in [7, 11) is 1.55. The van der Waals surface area contributed by atoms with Crippen molar-refractivity contribution in [1.29, 1.82) is 0 Å². The molecule has 10 nitrogen and oxygen atoms in total. The van der Waals surface area contributed by atoms with Crippen LogP contribution in [0.3, 0.4) is 0 Å². The van der Waals surface area contributed by atoms with E-state index in [1.54, 1.807) is 24.3 Å². The lowest BCUT2D eigenvalue weighted by molar-refractivity contribution is 0.00804. The largest absolute Gasteiger partial charge is 0.494 e. The van der Waals surface area contributed by atoms with Crippen LogP contribution in [0.5, 0.6) is 11.8 Å². The summed E-state index contributed by atoms with van der Waals surface area (Å²) in [4.78, 5) is 28.6. The fourth-order valence-electron chi connectivity index (χ4n) is 4.64. The molecule has 0 aromatic carbocycles. The van der Waals surface area contributed by atoms with E-state index in [0.717, 1.165) is 26.2 Å². The molecule has 0 saturated carbocycles. The number of carbonyl (C=O) groups excluding carboxylic acids is 1. The van der Waals surface area contributed by atoms with E-state index in [0.29, 0.717) is 53.9 Å². The molecule has 206 valence electrons. The van der Waals surface area contributed by atoms with Crippen LogP contribution < -0.4 is 14.8 Å². The van der Waals surface area contributed by atoms with E-state index in [9.17, 15) is 13.6 Å². The Balaban J connectivity index is 1.72. The Morgan fingerprint density at radius 1 is 1.24 bits per heavy atom. The van der Waals surface area contributed by atoms with Crippen LogP contribution in [-0.2, 0) is 0 Å². The van der Waals surface area contributed by atoms with Gasteiger partial charge in [0.25, 0.3) is 0 Å². The van der Waals surface area contributed by atoms with Gasteiger partial charge in [-0.1, -0.05) is 6.42 Å². The maximum absolute atomic E-state index is 13.6. The number of hydrogen-bond donors (Lipinski definition) is 1. The van der Waals surface area contributed by atoms with Gasteiger partial charge in [0.2, 0.25) is 5.92 Å². The first-order valence-electron chi connectivity index (χ1n) is 13.0. The first-order valence-corrected chi connectivity index (χ1v) is 13.0. The number of carbonyl (C=O) groups is 1. The fraction of sp³-hybridized carbons (Fsp3) is 0.577. The molecule has 3 aromatic rings. The molecule has 0 fully saturated rings. The van der Waals surface area contributed by atoms with Crippen molar-refractivity contribution in [2.75, 3.05) is 20.3 Å². The number of nitrogens with one attached hydrogen (secondary N) is 1. The zero-order chi connectivity index (χ0) is 27.3.